The van der Waals surface area contributed by atoms with Gasteiger partial charge in [0.25, 0.3) is 0 Å². The SMILES string of the molecule is Cc1ccc2n[nH]c(C(C)(C)C)c2c1Cl. The molecule has 0 radical (unpaired) electrons. The maximum absolute atomic E-state index is 6.32. The van der Waals surface area contributed by atoms with Crippen molar-refractivity contribution in [1.29, 1.82) is 0 Å². The Balaban J connectivity index is 2.84. The second kappa shape index (κ2) is 3.24. The van der Waals surface area contributed by atoms with Crippen molar-refractivity contribution >= 4 is 22.5 Å². The number of H-pyrrole nitrogens is 1. The first kappa shape index (κ1) is 10.5. The Labute approximate surface area is 94.6 Å². The van der Waals surface area contributed by atoms with Crippen molar-refractivity contribution in [2.24, 2.45) is 0 Å². The van der Waals surface area contributed by atoms with Gasteiger partial charge in [0.05, 0.1) is 10.5 Å². The molecule has 0 fully saturated rings. The van der Waals surface area contributed by atoms with Crippen LogP contribution in [-0.4, -0.2) is 10.2 Å². The predicted octanol–water partition coefficient (Wildman–Crippen LogP) is 3.82. The predicted molar refractivity (Wildman–Crippen MR) is 64.5 cm³/mol. The van der Waals surface area contributed by atoms with Gasteiger partial charge in [0.15, 0.2) is 0 Å². The van der Waals surface area contributed by atoms with E-state index < -0.39 is 0 Å². The summed E-state index contributed by atoms with van der Waals surface area (Å²) in [5, 5.41) is 9.24. The van der Waals surface area contributed by atoms with Crippen LogP contribution in [0.5, 0.6) is 0 Å². The third-order valence-corrected chi connectivity index (χ3v) is 3.09. The first-order chi connectivity index (χ1) is 6.91. The largest absolute Gasteiger partial charge is 0.281 e. The minimum atomic E-state index is 0.0339. The Kier molecular flexibility index (Phi) is 2.27. The van der Waals surface area contributed by atoms with Gasteiger partial charge in [-0.3, -0.25) is 5.10 Å². The molecular weight excluding hydrogens is 208 g/mol. The van der Waals surface area contributed by atoms with E-state index in [2.05, 4.69) is 31.0 Å². The molecule has 1 aromatic heterocycles. The number of aromatic amines is 1. The summed E-state index contributed by atoms with van der Waals surface area (Å²) in [5.41, 5.74) is 3.17. The molecule has 80 valence electrons. The summed E-state index contributed by atoms with van der Waals surface area (Å²) in [4.78, 5) is 0. The summed E-state index contributed by atoms with van der Waals surface area (Å²) in [6.45, 7) is 8.47. The van der Waals surface area contributed by atoms with E-state index in [0.717, 1.165) is 27.2 Å². The lowest BCUT2D eigenvalue weighted by Gasteiger charge is -2.17. The Hall–Kier alpha value is -1.02. The molecule has 0 spiro atoms. The van der Waals surface area contributed by atoms with Gasteiger partial charge >= 0.3 is 0 Å². The van der Waals surface area contributed by atoms with Gasteiger partial charge in [-0.25, -0.2) is 0 Å². The zero-order valence-corrected chi connectivity index (χ0v) is 10.2. The Morgan fingerprint density at radius 1 is 1.27 bits per heavy atom. The fraction of sp³-hybridized carbons (Fsp3) is 0.417. The molecule has 1 heterocycles. The normalized spacial score (nSPS) is 12.3. The summed E-state index contributed by atoms with van der Waals surface area (Å²) in [6, 6.07) is 4.00. The highest BCUT2D eigenvalue weighted by Gasteiger charge is 2.21. The summed E-state index contributed by atoms with van der Waals surface area (Å²) < 4.78 is 0. The van der Waals surface area contributed by atoms with Gasteiger partial charge in [0.1, 0.15) is 0 Å². The van der Waals surface area contributed by atoms with Gasteiger partial charge in [0.2, 0.25) is 0 Å². The number of halogens is 1. The number of hydrogen-bond acceptors (Lipinski definition) is 1. The molecule has 0 saturated heterocycles. The molecule has 0 aliphatic heterocycles. The molecule has 0 aliphatic rings. The zero-order chi connectivity index (χ0) is 11.2. The highest BCUT2D eigenvalue weighted by Crippen LogP contribution is 2.34. The second-order valence-corrected chi connectivity index (χ2v) is 5.32. The van der Waals surface area contributed by atoms with E-state index in [1.807, 2.05) is 19.1 Å². The van der Waals surface area contributed by atoms with Crippen LogP contribution in [-0.2, 0) is 5.41 Å². The van der Waals surface area contributed by atoms with Crippen molar-refractivity contribution in [2.45, 2.75) is 33.1 Å². The Morgan fingerprint density at radius 3 is 2.53 bits per heavy atom. The lowest BCUT2D eigenvalue weighted by Crippen LogP contribution is -2.12. The van der Waals surface area contributed by atoms with Crippen molar-refractivity contribution in [3.8, 4) is 0 Å². The molecule has 0 atom stereocenters. The molecule has 3 heteroatoms. The lowest BCUT2D eigenvalue weighted by molar-refractivity contribution is 0.571. The van der Waals surface area contributed by atoms with Gasteiger partial charge in [-0.05, 0) is 18.6 Å². The van der Waals surface area contributed by atoms with Crippen LogP contribution < -0.4 is 0 Å². The van der Waals surface area contributed by atoms with E-state index in [-0.39, 0.29) is 5.41 Å². The van der Waals surface area contributed by atoms with Crippen LogP contribution in [0.1, 0.15) is 32.0 Å². The monoisotopic (exact) mass is 222 g/mol. The fourth-order valence-corrected chi connectivity index (χ4v) is 1.97. The summed E-state index contributed by atoms with van der Waals surface area (Å²) >= 11 is 6.32. The fourth-order valence-electron chi connectivity index (χ4n) is 1.72. The standard InChI is InChI=1S/C12H15ClN2/c1-7-5-6-8-9(10(7)13)11(15-14-8)12(2,3)4/h5-6H,1-4H3,(H,14,15). The van der Waals surface area contributed by atoms with Crippen LogP contribution in [0.3, 0.4) is 0 Å². The smallest absolute Gasteiger partial charge is 0.0939 e. The molecule has 2 rings (SSSR count). The Morgan fingerprint density at radius 2 is 1.93 bits per heavy atom. The number of rotatable bonds is 0. The van der Waals surface area contributed by atoms with Crippen LogP contribution in [0.4, 0.5) is 0 Å². The van der Waals surface area contributed by atoms with E-state index in [1.165, 1.54) is 0 Å². The number of nitrogens with one attached hydrogen (secondary N) is 1. The van der Waals surface area contributed by atoms with Crippen LogP contribution in [0, 0.1) is 6.92 Å². The maximum Gasteiger partial charge on any atom is 0.0939 e. The van der Waals surface area contributed by atoms with Gasteiger partial charge in [0, 0.05) is 16.5 Å². The lowest BCUT2D eigenvalue weighted by atomic mass is 9.89. The number of aromatic nitrogens is 2. The molecule has 2 nitrogen and oxygen atoms in total. The summed E-state index contributed by atoms with van der Waals surface area (Å²) in [5.74, 6) is 0. The number of benzene rings is 1. The van der Waals surface area contributed by atoms with Crippen molar-refractivity contribution < 1.29 is 0 Å². The van der Waals surface area contributed by atoms with Crippen molar-refractivity contribution in [3.05, 3.63) is 28.4 Å². The number of aryl methyl sites for hydroxylation is 1. The zero-order valence-electron chi connectivity index (χ0n) is 9.48. The van der Waals surface area contributed by atoms with Crippen molar-refractivity contribution in [2.75, 3.05) is 0 Å². The van der Waals surface area contributed by atoms with Crippen molar-refractivity contribution in [3.63, 3.8) is 0 Å². The van der Waals surface area contributed by atoms with Crippen LogP contribution in [0.15, 0.2) is 12.1 Å². The molecule has 0 amide bonds. The summed E-state index contributed by atoms with van der Waals surface area (Å²) in [6.07, 6.45) is 0. The van der Waals surface area contributed by atoms with E-state index >= 15 is 0 Å². The molecule has 1 aromatic carbocycles. The van der Waals surface area contributed by atoms with Crippen LogP contribution in [0.2, 0.25) is 5.02 Å². The van der Waals surface area contributed by atoms with Gasteiger partial charge in [-0.2, -0.15) is 5.10 Å². The molecule has 0 bridgehead atoms. The topological polar surface area (TPSA) is 28.7 Å². The van der Waals surface area contributed by atoms with E-state index in [4.69, 9.17) is 11.6 Å². The first-order valence-corrected chi connectivity index (χ1v) is 5.42. The second-order valence-electron chi connectivity index (χ2n) is 4.94. The van der Waals surface area contributed by atoms with Gasteiger partial charge < -0.3 is 0 Å². The van der Waals surface area contributed by atoms with Gasteiger partial charge in [-0.1, -0.05) is 38.4 Å². The minimum absolute atomic E-state index is 0.0339. The average Bonchev–Trinajstić information content (AvgIpc) is 2.54. The van der Waals surface area contributed by atoms with Crippen LogP contribution in [0.25, 0.3) is 10.9 Å². The van der Waals surface area contributed by atoms with Crippen LogP contribution >= 0.6 is 11.6 Å². The molecule has 0 unspecified atom stereocenters. The molecule has 1 N–H and O–H groups in total. The average molecular weight is 223 g/mol. The maximum atomic E-state index is 6.32. The highest BCUT2D eigenvalue weighted by atomic mass is 35.5. The quantitative estimate of drug-likeness (QED) is 0.721. The molecule has 15 heavy (non-hydrogen) atoms. The van der Waals surface area contributed by atoms with Gasteiger partial charge in [-0.15, -0.1) is 0 Å². The van der Waals surface area contributed by atoms with E-state index in [9.17, 15) is 0 Å². The number of fused-ring (bicyclic) bond motifs is 1. The molecule has 0 saturated carbocycles. The van der Waals surface area contributed by atoms with E-state index in [0.29, 0.717) is 0 Å². The first-order valence-electron chi connectivity index (χ1n) is 5.05. The third-order valence-electron chi connectivity index (χ3n) is 2.60. The molecular formula is C12H15ClN2. The summed E-state index contributed by atoms with van der Waals surface area (Å²) in [7, 11) is 0. The highest BCUT2D eigenvalue weighted by molar-refractivity contribution is 6.36. The molecule has 0 aliphatic carbocycles. The Bertz CT molecular complexity index is 506. The minimum Gasteiger partial charge on any atom is -0.281 e. The number of nitrogens with zero attached hydrogens (tertiary/aromatic N) is 1. The third kappa shape index (κ3) is 1.63. The van der Waals surface area contributed by atoms with E-state index in [1.54, 1.807) is 0 Å². The number of hydrogen-bond donors (Lipinski definition) is 1. The van der Waals surface area contributed by atoms with Crippen molar-refractivity contribution in [1.82, 2.24) is 10.2 Å². The molecule has 2 aromatic rings.